The Labute approximate surface area is 105 Å². The van der Waals surface area contributed by atoms with E-state index < -0.39 is 17.4 Å². The molecular weight excluding hydrogens is 228 g/mol. The number of nitrogens with two attached hydrogens (primary N) is 1. The minimum atomic E-state index is -0.999. The summed E-state index contributed by atoms with van der Waals surface area (Å²) in [4.78, 5) is 15.3. The van der Waals surface area contributed by atoms with Crippen molar-refractivity contribution in [3.05, 3.63) is 42.1 Å². The predicted octanol–water partition coefficient (Wildman–Crippen LogP) is 1.92. The molecule has 0 amide bonds. The third-order valence-electron chi connectivity index (χ3n) is 3.39. The van der Waals surface area contributed by atoms with Gasteiger partial charge in [-0.25, -0.2) is 0 Å². The minimum absolute atomic E-state index is 0.641. The Balaban J connectivity index is 2.50. The van der Waals surface area contributed by atoms with Crippen LogP contribution < -0.4 is 5.73 Å². The first-order valence-corrected chi connectivity index (χ1v) is 5.76. The summed E-state index contributed by atoms with van der Waals surface area (Å²) in [7, 11) is 0. The Kier molecular flexibility index (Phi) is 3.05. The van der Waals surface area contributed by atoms with Gasteiger partial charge < -0.3 is 10.8 Å². The summed E-state index contributed by atoms with van der Waals surface area (Å²) in [5.74, 6) is -0.999. The van der Waals surface area contributed by atoms with Crippen LogP contribution in [-0.4, -0.2) is 22.1 Å². The molecule has 1 atom stereocenters. The van der Waals surface area contributed by atoms with Crippen LogP contribution in [0.4, 0.5) is 0 Å². The van der Waals surface area contributed by atoms with Gasteiger partial charge in [0, 0.05) is 17.0 Å². The number of carbonyl (C=O) groups is 1. The highest BCUT2D eigenvalue weighted by Crippen LogP contribution is 2.28. The number of nitrogens with zero attached hydrogens (tertiary/aromatic N) is 1. The number of carboxylic acid groups (broad SMARTS) is 1. The second-order valence-electron chi connectivity index (χ2n) is 4.95. The molecule has 0 spiro atoms. The van der Waals surface area contributed by atoms with Crippen LogP contribution in [0.1, 0.15) is 19.4 Å². The van der Waals surface area contributed by atoms with E-state index in [1.54, 1.807) is 6.20 Å². The fourth-order valence-corrected chi connectivity index (χ4v) is 1.96. The Bertz CT molecular complexity index is 593. The standard InChI is InChI=1S/C14H16N2O2/c1-14(2,12(15)13(17)18)10-6-5-9-4-3-7-16-11(9)8-10/h3-8,12H,15H2,1-2H3,(H,17,18). The van der Waals surface area contributed by atoms with Crippen LogP contribution in [0.15, 0.2) is 36.5 Å². The molecule has 2 aromatic rings. The van der Waals surface area contributed by atoms with Crippen LogP contribution in [0, 0.1) is 0 Å². The van der Waals surface area contributed by atoms with E-state index in [1.165, 1.54) is 0 Å². The highest BCUT2D eigenvalue weighted by molar-refractivity contribution is 5.80. The van der Waals surface area contributed by atoms with Crippen LogP contribution >= 0.6 is 0 Å². The van der Waals surface area contributed by atoms with Crippen molar-refractivity contribution in [3.8, 4) is 0 Å². The van der Waals surface area contributed by atoms with Crippen molar-refractivity contribution in [1.82, 2.24) is 4.98 Å². The van der Waals surface area contributed by atoms with Gasteiger partial charge in [-0.15, -0.1) is 0 Å². The van der Waals surface area contributed by atoms with Crippen LogP contribution in [0.3, 0.4) is 0 Å². The van der Waals surface area contributed by atoms with E-state index in [0.717, 1.165) is 16.5 Å². The highest BCUT2D eigenvalue weighted by atomic mass is 16.4. The normalized spacial score (nSPS) is 13.5. The zero-order valence-electron chi connectivity index (χ0n) is 10.4. The zero-order valence-corrected chi connectivity index (χ0v) is 10.4. The molecule has 1 heterocycles. The van der Waals surface area contributed by atoms with Gasteiger partial charge in [0.05, 0.1) is 5.52 Å². The molecular formula is C14H16N2O2. The number of carboxylic acids is 1. The molecule has 1 aromatic heterocycles. The SMILES string of the molecule is CC(C)(c1ccc2cccnc2c1)C(N)C(=O)O. The van der Waals surface area contributed by atoms with Gasteiger partial charge >= 0.3 is 5.97 Å². The summed E-state index contributed by atoms with van der Waals surface area (Å²) in [6.07, 6.45) is 1.72. The van der Waals surface area contributed by atoms with Gasteiger partial charge in [0.1, 0.15) is 6.04 Å². The van der Waals surface area contributed by atoms with E-state index in [-0.39, 0.29) is 0 Å². The summed E-state index contributed by atoms with van der Waals surface area (Å²) in [5, 5.41) is 10.1. The maximum atomic E-state index is 11.0. The Morgan fingerprint density at radius 3 is 2.78 bits per heavy atom. The van der Waals surface area contributed by atoms with Crippen LogP contribution in [0.2, 0.25) is 0 Å². The van der Waals surface area contributed by atoms with E-state index in [0.29, 0.717) is 0 Å². The molecule has 0 aliphatic heterocycles. The number of benzene rings is 1. The Morgan fingerprint density at radius 1 is 1.39 bits per heavy atom. The predicted molar refractivity (Wildman–Crippen MR) is 70.4 cm³/mol. The Hall–Kier alpha value is -1.94. The topological polar surface area (TPSA) is 76.2 Å². The molecule has 94 valence electrons. The number of fused-ring (bicyclic) bond motifs is 1. The van der Waals surface area contributed by atoms with Crippen LogP contribution in [0.25, 0.3) is 10.9 Å². The molecule has 0 saturated carbocycles. The van der Waals surface area contributed by atoms with Gasteiger partial charge in [-0.3, -0.25) is 9.78 Å². The summed E-state index contributed by atoms with van der Waals surface area (Å²) >= 11 is 0. The van der Waals surface area contributed by atoms with E-state index in [9.17, 15) is 4.79 Å². The molecule has 0 aliphatic carbocycles. The van der Waals surface area contributed by atoms with Crippen molar-refractivity contribution in [1.29, 1.82) is 0 Å². The first-order valence-electron chi connectivity index (χ1n) is 5.76. The van der Waals surface area contributed by atoms with Gasteiger partial charge in [-0.2, -0.15) is 0 Å². The highest BCUT2D eigenvalue weighted by Gasteiger charge is 2.33. The second-order valence-corrected chi connectivity index (χ2v) is 4.95. The summed E-state index contributed by atoms with van der Waals surface area (Å²) in [5.41, 5.74) is 6.84. The third kappa shape index (κ3) is 2.07. The lowest BCUT2D eigenvalue weighted by Gasteiger charge is -2.29. The summed E-state index contributed by atoms with van der Waals surface area (Å²) in [6.45, 7) is 3.66. The van der Waals surface area contributed by atoms with E-state index in [4.69, 9.17) is 10.8 Å². The molecule has 0 bridgehead atoms. The maximum Gasteiger partial charge on any atom is 0.321 e. The van der Waals surface area contributed by atoms with Gasteiger partial charge in [0.15, 0.2) is 0 Å². The number of hydrogen-bond acceptors (Lipinski definition) is 3. The maximum absolute atomic E-state index is 11.0. The number of aliphatic carboxylic acids is 1. The van der Waals surface area contributed by atoms with Crippen LogP contribution in [0.5, 0.6) is 0 Å². The monoisotopic (exact) mass is 244 g/mol. The lowest BCUT2D eigenvalue weighted by Crippen LogP contribution is -2.46. The third-order valence-corrected chi connectivity index (χ3v) is 3.39. The smallest absolute Gasteiger partial charge is 0.321 e. The summed E-state index contributed by atoms with van der Waals surface area (Å²) in [6, 6.07) is 8.64. The number of aromatic nitrogens is 1. The fraction of sp³-hybridized carbons (Fsp3) is 0.286. The molecule has 2 rings (SSSR count). The number of pyridine rings is 1. The first-order chi connectivity index (χ1) is 8.43. The van der Waals surface area contributed by atoms with E-state index in [2.05, 4.69) is 4.98 Å². The second kappa shape index (κ2) is 4.38. The first kappa shape index (κ1) is 12.5. The van der Waals surface area contributed by atoms with E-state index >= 15 is 0 Å². The van der Waals surface area contributed by atoms with Crippen molar-refractivity contribution < 1.29 is 9.90 Å². The quantitative estimate of drug-likeness (QED) is 0.864. The molecule has 0 aliphatic rings. The lowest BCUT2D eigenvalue weighted by molar-refractivity contribution is -0.140. The Morgan fingerprint density at radius 2 is 2.11 bits per heavy atom. The van der Waals surface area contributed by atoms with Crippen molar-refractivity contribution in [3.63, 3.8) is 0 Å². The molecule has 0 fully saturated rings. The molecule has 1 unspecified atom stereocenters. The molecule has 0 radical (unpaired) electrons. The van der Waals surface area contributed by atoms with Gasteiger partial charge in [-0.05, 0) is 17.7 Å². The van der Waals surface area contributed by atoms with Crippen LogP contribution in [-0.2, 0) is 10.2 Å². The van der Waals surface area contributed by atoms with Crippen molar-refractivity contribution in [2.24, 2.45) is 5.73 Å². The summed E-state index contributed by atoms with van der Waals surface area (Å²) < 4.78 is 0. The van der Waals surface area contributed by atoms with Gasteiger partial charge in [0.2, 0.25) is 0 Å². The molecule has 1 aromatic carbocycles. The fourth-order valence-electron chi connectivity index (χ4n) is 1.96. The molecule has 0 saturated heterocycles. The van der Waals surface area contributed by atoms with E-state index in [1.807, 2.05) is 44.2 Å². The largest absolute Gasteiger partial charge is 0.480 e. The van der Waals surface area contributed by atoms with Crippen molar-refractivity contribution in [2.75, 3.05) is 0 Å². The molecule has 4 nitrogen and oxygen atoms in total. The van der Waals surface area contributed by atoms with Gasteiger partial charge in [0.25, 0.3) is 0 Å². The number of hydrogen-bond donors (Lipinski definition) is 2. The van der Waals surface area contributed by atoms with Gasteiger partial charge in [-0.1, -0.05) is 32.0 Å². The molecule has 18 heavy (non-hydrogen) atoms. The van der Waals surface area contributed by atoms with Crippen molar-refractivity contribution >= 4 is 16.9 Å². The average Bonchev–Trinajstić information content (AvgIpc) is 2.37. The van der Waals surface area contributed by atoms with Crippen molar-refractivity contribution in [2.45, 2.75) is 25.3 Å². The minimum Gasteiger partial charge on any atom is -0.480 e. The number of rotatable bonds is 3. The molecule has 4 heteroatoms. The lowest BCUT2D eigenvalue weighted by atomic mass is 9.78. The average molecular weight is 244 g/mol. The zero-order chi connectivity index (χ0) is 13.3. The molecule has 3 N–H and O–H groups in total.